The third-order valence-electron chi connectivity index (χ3n) is 5.69. The maximum atomic E-state index is 12.8. The van der Waals surface area contributed by atoms with Crippen molar-refractivity contribution >= 4 is 44.6 Å². The van der Waals surface area contributed by atoms with Gasteiger partial charge in [0.25, 0.3) is 15.9 Å². The highest BCUT2D eigenvalue weighted by atomic mass is 32.2. The second kappa shape index (κ2) is 12.7. The summed E-state index contributed by atoms with van der Waals surface area (Å²) in [7, 11) is -3.76. The van der Waals surface area contributed by atoms with E-state index in [4.69, 9.17) is 17.0 Å². The largest absolute Gasteiger partial charge is 0.491 e. The van der Waals surface area contributed by atoms with Crippen LogP contribution in [0.15, 0.2) is 71.6 Å². The van der Waals surface area contributed by atoms with Crippen LogP contribution in [-0.4, -0.2) is 25.5 Å². The molecular weight excluding hydrogens is 506 g/mol. The number of hydrogen-bond acceptors (Lipinski definition) is 5. The van der Waals surface area contributed by atoms with E-state index in [1.165, 1.54) is 12.1 Å². The molecule has 0 aromatic heterocycles. The zero-order valence-electron chi connectivity index (χ0n) is 21.5. The second-order valence-corrected chi connectivity index (χ2v) is 11.0. The van der Waals surface area contributed by atoms with E-state index in [-0.39, 0.29) is 22.0 Å². The SMILES string of the molecule is CCCCC(C)Oc1ccc(C(=O)NC(=S)Nc2ccc(S(=O)(=O)Nc3ccc(C)cc3C)cc2)cc1. The molecule has 0 bridgehead atoms. The molecule has 0 aliphatic heterocycles. The van der Waals surface area contributed by atoms with Crippen LogP contribution in [0.25, 0.3) is 0 Å². The van der Waals surface area contributed by atoms with Crippen molar-refractivity contribution in [1.29, 1.82) is 0 Å². The highest BCUT2D eigenvalue weighted by Crippen LogP contribution is 2.22. The molecule has 196 valence electrons. The Kier molecular flexibility index (Phi) is 9.66. The van der Waals surface area contributed by atoms with E-state index in [0.717, 1.165) is 30.4 Å². The Morgan fingerprint density at radius 1 is 1.00 bits per heavy atom. The smallest absolute Gasteiger partial charge is 0.261 e. The van der Waals surface area contributed by atoms with Crippen LogP contribution >= 0.6 is 12.2 Å². The number of rotatable bonds is 10. The van der Waals surface area contributed by atoms with Crippen molar-refractivity contribution in [1.82, 2.24) is 5.32 Å². The molecule has 9 heteroatoms. The van der Waals surface area contributed by atoms with Gasteiger partial charge < -0.3 is 10.1 Å². The summed E-state index contributed by atoms with van der Waals surface area (Å²) in [6, 6.07) is 18.5. The van der Waals surface area contributed by atoms with Crippen molar-refractivity contribution in [2.45, 2.75) is 58.0 Å². The van der Waals surface area contributed by atoms with E-state index in [2.05, 4.69) is 22.3 Å². The van der Waals surface area contributed by atoms with Crippen LogP contribution in [-0.2, 0) is 10.0 Å². The molecule has 0 heterocycles. The van der Waals surface area contributed by atoms with Gasteiger partial charge in [-0.3, -0.25) is 14.8 Å². The van der Waals surface area contributed by atoms with Crippen LogP contribution < -0.4 is 20.1 Å². The van der Waals surface area contributed by atoms with Gasteiger partial charge in [0, 0.05) is 11.3 Å². The molecule has 1 unspecified atom stereocenters. The van der Waals surface area contributed by atoms with Crippen molar-refractivity contribution in [3.63, 3.8) is 0 Å². The lowest BCUT2D eigenvalue weighted by Crippen LogP contribution is -2.34. The molecule has 0 radical (unpaired) electrons. The molecule has 1 amide bonds. The summed E-state index contributed by atoms with van der Waals surface area (Å²) in [6.45, 7) is 7.98. The molecule has 0 aliphatic carbocycles. The van der Waals surface area contributed by atoms with Gasteiger partial charge >= 0.3 is 0 Å². The fourth-order valence-electron chi connectivity index (χ4n) is 3.65. The Morgan fingerprint density at radius 2 is 1.68 bits per heavy atom. The first-order valence-electron chi connectivity index (χ1n) is 12.2. The standard InChI is InChI=1S/C28H33N3O4S2/c1-5-6-7-21(4)35-24-13-9-22(10-14-24)27(32)30-28(36)29-23-11-15-25(16-12-23)37(33,34)31-26-17-8-19(2)18-20(26)3/h8-18,21,31H,5-7H2,1-4H3,(H2,29,30,32,36). The first-order chi connectivity index (χ1) is 17.6. The maximum absolute atomic E-state index is 12.8. The van der Waals surface area contributed by atoms with Crippen molar-refractivity contribution in [3.8, 4) is 5.75 Å². The summed E-state index contributed by atoms with van der Waals surface area (Å²) >= 11 is 5.26. The topological polar surface area (TPSA) is 96.5 Å². The summed E-state index contributed by atoms with van der Waals surface area (Å²) in [6.07, 6.45) is 3.32. The molecule has 3 aromatic carbocycles. The van der Waals surface area contributed by atoms with Gasteiger partial charge in [0.05, 0.1) is 16.7 Å². The van der Waals surface area contributed by atoms with Crippen molar-refractivity contribution in [2.75, 3.05) is 10.0 Å². The van der Waals surface area contributed by atoms with E-state index in [9.17, 15) is 13.2 Å². The minimum absolute atomic E-state index is 0.0996. The molecule has 1 atom stereocenters. The molecule has 3 aromatic rings. The predicted molar refractivity (Wildman–Crippen MR) is 153 cm³/mol. The lowest BCUT2D eigenvalue weighted by atomic mass is 10.1. The number of benzene rings is 3. The predicted octanol–water partition coefficient (Wildman–Crippen LogP) is 6.19. The van der Waals surface area contributed by atoms with Gasteiger partial charge in [-0.25, -0.2) is 8.42 Å². The number of anilines is 2. The average molecular weight is 540 g/mol. The quantitative estimate of drug-likeness (QED) is 0.266. The minimum atomic E-state index is -3.76. The number of carbonyl (C=O) groups excluding carboxylic acids is 1. The highest BCUT2D eigenvalue weighted by molar-refractivity contribution is 7.92. The zero-order chi connectivity index (χ0) is 27.0. The fraction of sp³-hybridized carbons (Fsp3) is 0.286. The second-order valence-electron chi connectivity index (χ2n) is 8.95. The van der Waals surface area contributed by atoms with Gasteiger partial charge in [-0.1, -0.05) is 37.5 Å². The molecule has 0 saturated heterocycles. The Morgan fingerprint density at radius 3 is 2.30 bits per heavy atom. The van der Waals surface area contributed by atoms with Gasteiger partial charge in [-0.15, -0.1) is 0 Å². The van der Waals surface area contributed by atoms with Crippen molar-refractivity contribution < 1.29 is 17.9 Å². The van der Waals surface area contributed by atoms with Gasteiger partial charge in [0.1, 0.15) is 5.75 Å². The number of unbranched alkanes of at least 4 members (excludes halogenated alkanes) is 1. The minimum Gasteiger partial charge on any atom is -0.491 e. The molecule has 0 fully saturated rings. The Labute approximate surface area is 224 Å². The molecule has 37 heavy (non-hydrogen) atoms. The van der Waals surface area contributed by atoms with Gasteiger partial charge in [-0.2, -0.15) is 0 Å². The zero-order valence-corrected chi connectivity index (χ0v) is 23.1. The van der Waals surface area contributed by atoms with E-state index in [1.807, 2.05) is 32.9 Å². The number of carbonyl (C=O) groups is 1. The van der Waals surface area contributed by atoms with Gasteiger partial charge in [0.15, 0.2) is 5.11 Å². The molecule has 3 rings (SSSR count). The first kappa shape index (κ1) is 28.1. The molecule has 0 aliphatic rings. The van der Waals surface area contributed by atoms with Crippen molar-refractivity contribution in [3.05, 3.63) is 83.4 Å². The monoisotopic (exact) mass is 539 g/mol. The number of sulfonamides is 1. The summed E-state index contributed by atoms with van der Waals surface area (Å²) in [4.78, 5) is 12.7. The summed E-state index contributed by atoms with van der Waals surface area (Å²) in [5.74, 6) is 0.350. The van der Waals surface area contributed by atoms with Crippen LogP contribution in [0.5, 0.6) is 5.75 Å². The fourth-order valence-corrected chi connectivity index (χ4v) is 5.00. The molecule has 3 N–H and O–H groups in total. The normalized spacial score (nSPS) is 11.9. The Hall–Kier alpha value is -3.43. The first-order valence-corrected chi connectivity index (χ1v) is 14.1. The van der Waals surface area contributed by atoms with E-state index >= 15 is 0 Å². The Bertz CT molecular complexity index is 1340. The number of hydrogen-bond donors (Lipinski definition) is 3. The molecular formula is C28H33N3O4S2. The number of thiocarbonyl (C=S) groups is 1. The number of ether oxygens (including phenoxy) is 1. The van der Waals surface area contributed by atoms with Crippen LogP contribution in [0.4, 0.5) is 11.4 Å². The molecule has 0 saturated carbocycles. The third-order valence-corrected chi connectivity index (χ3v) is 7.28. The van der Waals surface area contributed by atoms with Crippen LogP contribution in [0.2, 0.25) is 0 Å². The number of amides is 1. The van der Waals surface area contributed by atoms with E-state index in [0.29, 0.717) is 22.7 Å². The number of aryl methyl sites for hydroxylation is 2. The highest BCUT2D eigenvalue weighted by Gasteiger charge is 2.16. The summed E-state index contributed by atoms with van der Waals surface area (Å²) in [5, 5.41) is 5.63. The number of nitrogens with one attached hydrogen (secondary N) is 3. The lowest BCUT2D eigenvalue weighted by molar-refractivity contribution is 0.0977. The van der Waals surface area contributed by atoms with Crippen LogP contribution in [0.3, 0.4) is 0 Å². The van der Waals surface area contributed by atoms with Gasteiger partial charge in [0.2, 0.25) is 0 Å². The maximum Gasteiger partial charge on any atom is 0.261 e. The average Bonchev–Trinajstić information content (AvgIpc) is 2.85. The summed E-state index contributed by atoms with van der Waals surface area (Å²) in [5.41, 5.74) is 3.41. The Balaban J connectivity index is 1.55. The molecule has 7 nitrogen and oxygen atoms in total. The van der Waals surface area contributed by atoms with Crippen molar-refractivity contribution in [2.24, 2.45) is 0 Å². The third kappa shape index (κ3) is 8.30. The molecule has 0 spiro atoms. The lowest BCUT2D eigenvalue weighted by Gasteiger charge is -2.15. The van der Waals surface area contributed by atoms with Gasteiger partial charge in [-0.05, 0) is 99.6 Å². The summed E-state index contributed by atoms with van der Waals surface area (Å²) < 4.78 is 34.1. The van der Waals surface area contributed by atoms with E-state index in [1.54, 1.807) is 42.5 Å². The van der Waals surface area contributed by atoms with Crippen LogP contribution in [0.1, 0.15) is 54.6 Å². The van der Waals surface area contributed by atoms with E-state index < -0.39 is 10.0 Å². The van der Waals surface area contributed by atoms with Crippen LogP contribution in [0, 0.1) is 13.8 Å².